The van der Waals surface area contributed by atoms with Gasteiger partial charge in [-0.05, 0) is 31.2 Å². The van der Waals surface area contributed by atoms with Gasteiger partial charge in [-0.15, -0.1) is 11.3 Å². The number of hydrogen-bond donors (Lipinski definition) is 0. The predicted molar refractivity (Wildman–Crippen MR) is 89.8 cm³/mol. The highest BCUT2D eigenvalue weighted by Crippen LogP contribution is 2.29. The van der Waals surface area contributed by atoms with Gasteiger partial charge in [0.25, 0.3) is 0 Å². The van der Waals surface area contributed by atoms with Gasteiger partial charge in [-0.3, -0.25) is 4.90 Å². The van der Waals surface area contributed by atoms with Crippen molar-refractivity contribution in [1.82, 2.24) is 14.9 Å². The van der Waals surface area contributed by atoms with Crippen LogP contribution in [0.4, 0.5) is 5.82 Å². The van der Waals surface area contributed by atoms with Gasteiger partial charge in [0, 0.05) is 45.4 Å². The molecule has 2 aromatic rings. The van der Waals surface area contributed by atoms with E-state index in [0.29, 0.717) is 6.04 Å². The Morgan fingerprint density at radius 1 is 1.14 bits per heavy atom. The van der Waals surface area contributed by atoms with Crippen LogP contribution in [0.15, 0.2) is 11.4 Å². The zero-order valence-corrected chi connectivity index (χ0v) is 13.8. The number of ether oxygens (including phenoxy) is 1. The molecule has 22 heavy (non-hydrogen) atoms. The van der Waals surface area contributed by atoms with Gasteiger partial charge in [0.05, 0.1) is 5.39 Å². The Morgan fingerprint density at radius 2 is 1.91 bits per heavy atom. The average molecular weight is 318 g/mol. The third-order valence-corrected chi connectivity index (χ3v) is 5.54. The lowest BCUT2D eigenvalue weighted by atomic mass is 10.1. The molecule has 0 saturated carbocycles. The van der Waals surface area contributed by atoms with Crippen molar-refractivity contribution < 1.29 is 4.74 Å². The molecule has 0 amide bonds. The molecule has 0 aliphatic carbocycles. The van der Waals surface area contributed by atoms with Gasteiger partial charge in [0.1, 0.15) is 16.5 Å². The number of fused-ring (bicyclic) bond motifs is 1. The molecule has 6 heteroatoms. The predicted octanol–water partition coefficient (Wildman–Crippen LogP) is 2.30. The van der Waals surface area contributed by atoms with E-state index in [1.54, 1.807) is 11.3 Å². The van der Waals surface area contributed by atoms with Crippen LogP contribution in [0, 0.1) is 6.92 Å². The van der Waals surface area contributed by atoms with E-state index in [4.69, 9.17) is 9.72 Å². The van der Waals surface area contributed by atoms with Gasteiger partial charge >= 0.3 is 0 Å². The maximum atomic E-state index is 5.48. The summed E-state index contributed by atoms with van der Waals surface area (Å²) in [5.74, 6) is 1.99. The maximum Gasteiger partial charge on any atom is 0.141 e. The summed E-state index contributed by atoms with van der Waals surface area (Å²) in [6, 6.07) is 2.86. The van der Waals surface area contributed by atoms with E-state index in [2.05, 4.69) is 26.2 Å². The number of thiophene rings is 1. The maximum absolute atomic E-state index is 5.48. The molecule has 0 bridgehead atoms. The van der Waals surface area contributed by atoms with Crippen molar-refractivity contribution in [2.75, 3.05) is 44.3 Å². The minimum atomic E-state index is 0.712. The minimum absolute atomic E-state index is 0.712. The van der Waals surface area contributed by atoms with Crippen LogP contribution in [0.2, 0.25) is 0 Å². The number of rotatable bonds is 2. The Hall–Kier alpha value is -1.24. The minimum Gasteiger partial charge on any atom is -0.381 e. The molecule has 118 valence electrons. The van der Waals surface area contributed by atoms with E-state index in [0.717, 1.165) is 55.9 Å². The topological polar surface area (TPSA) is 41.5 Å². The molecule has 0 atom stereocenters. The first-order chi connectivity index (χ1) is 10.8. The number of hydrogen-bond acceptors (Lipinski definition) is 6. The van der Waals surface area contributed by atoms with Crippen LogP contribution in [0.25, 0.3) is 10.2 Å². The van der Waals surface area contributed by atoms with Gasteiger partial charge in [0.15, 0.2) is 0 Å². The summed E-state index contributed by atoms with van der Waals surface area (Å²) in [7, 11) is 0. The summed E-state index contributed by atoms with van der Waals surface area (Å²) in [5.41, 5.74) is 0. The second-order valence-corrected chi connectivity index (χ2v) is 6.99. The molecule has 2 saturated heterocycles. The lowest BCUT2D eigenvalue weighted by molar-refractivity contribution is 0.0321. The highest BCUT2D eigenvalue weighted by molar-refractivity contribution is 7.16. The Morgan fingerprint density at radius 3 is 2.68 bits per heavy atom. The molecule has 4 heterocycles. The van der Waals surface area contributed by atoms with Gasteiger partial charge in [-0.1, -0.05) is 0 Å². The number of anilines is 1. The molecule has 5 nitrogen and oxygen atoms in total. The molecule has 0 aromatic carbocycles. The molecule has 0 radical (unpaired) electrons. The molecular formula is C16H22N4OS. The SMILES string of the molecule is Cc1nc(N2CCN(C3CCOCC3)CC2)c2ccsc2n1. The third-order valence-electron chi connectivity index (χ3n) is 4.74. The molecule has 2 aromatic heterocycles. The van der Waals surface area contributed by atoms with E-state index < -0.39 is 0 Å². The number of piperazine rings is 1. The Bertz CT molecular complexity index is 645. The molecule has 2 fully saturated rings. The molecule has 0 unspecified atom stereocenters. The van der Waals surface area contributed by atoms with Crippen LogP contribution < -0.4 is 4.90 Å². The van der Waals surface area contributed by atoms with Crippen molar-refractivity contribution in [3.63, 3.8) is 0 Å². The van der Waals surface area contributed by atoms with Crippen molar-refractivity contribution in [3.05, 3.63) is 17.3 Å². The monoisotopic (exact) mass is 318 g/mol. The number of aryl methyl sites for hydroxylation is 1. The second-order valence-electron chi connectivity index (χ2n) is 6.10. The Kier molecular flexibility index (Phi) is 3.98. The summed E-state index contributed by atoms with van der Waals surface area (Å²) in [6.07, 6.45) is 2.36. The standard InChI is InChI=1S/C16H22N4OS/c1-12-17-15(14-4-11-22-16(14)18-12)20-7-5-19(6-8-20)13-2-9-21-10-3-13/h4,11,13H,2-3,5-10H2,1H3. The fourth-order valence-corrected chi connectivity index (χ4v) is 4.34. The van der Waals surface area contributed by atoms with E-state index >= 15 is 0 Å². The van der Waals surface area contributed by atoms with E-state index in [1.807, 2.05) is 6.92 Å². The summed E-state index contributed by atoms with van der Waals surface area (Å²) in [4.78, 5) is 15.4. The number of aromatic nitrogens is 2. The summed E-state index contributed by atoms with van der Waals surface area (Å²) >= 11 is 1.70. The fraction of sp³-hybridized carbons (Fsp3) is 0.625. The third kappa shape index (κ3) is 2.71. The lowest BCUT2D eigenvalue weighted by Gasteiger charge is -2.41. The van der Waals surface area contributed by atoms with Crippen LogP contribution >= 0.6 is 11.3 Å². The van der Waals surface area contributed by atoms with Crippen molar-refractivity contribution in [2.45, 2.75) is 25.8 Å². The largest absolute Gasteiger partial charge is 0.381 e. The van der Waals surface area contributed by atoms with E-state index in [9.17, 15) is 0 Å². The summed E-state index contributed by atoms with van der Waals surface area (Å²) < 4.78 is 5.48. The van der Waals surface area contributed by atoms with Crippen LogP contribution in [-0.4, -0.2) is 60.3 Å². The second kappa shape index (κ2) is 6.10. The van der Waals surface area contributed by atoms with Gasteiger partial charge in [-0.2, -0.15) is 0 Å². The quantitative estimate of drug-likeness (QED) is 0.850. The van der Waals surface area contributed by atoms with Gasteiger partial charge in [0.2, 0.25) is 0 Å². The number of nitrogens with zero attached hydrogens (tertiary/aromatic N) is 4. The lowest BCUT2D eigenvalue weighted by Crippen LogP contribution is -2.51. The van der Waals surface area contributed by atoms with Crippen molar-refractivity contribution in [2.24, 2.45) is 0 Å². The van der Waals surface area contributed by atoms with Crippen molar-refractivity contribution in [3.8, 4) is 0 Å². The average Bonchev–Trinajstić information content (AvgIpc) is 3.03. The summed E-state index contributed by atoms with van der Waals surface area (Å²) in [6.45, 7) is 8.19. The summed E-state index contributed by atoms with van der Waals surface area (Å²) in [5, 5.41) is 3.32. The molecule has 2 aliphatic rings. The van der Waals surface area contributed by atoms with Crippen molar-refractivity contribution in [1.29, 1.82) is 0 Å². The highest BCUT2D eigenvalue weighted by atomic mass is 32.1. The Balaban J connectivity index is 1.49. The van der Waals surface area contributed by atoms with Gasteiger partial charge in [-0.25, -0.2) is 9.97 Å². The van der Waals surface area contributed by atoms with Crippen LogP contribution in [0.5, 0.6) is 0 Å². The van der Waals surface area contributed by atoms with E-state index in [1.165, 1.54) is 18.2 Å². The highest BCUT2D eigenvalue weighted by Gasteiger charge is 2.26. The van der Waals surface area contributed by atoms with Gasteiger partial charge < -0.3 is 9.64 Å². The molecule has 2 aliphatic heterocycles. The van der Waals surface area contributed by atoms with Crippen LogP contribution in [0.3, 0.4) is 0 Å². The Labute approximate surface area is 134 Å². The first-order valence-corrected chi connectivity index (χ1v) is 8.98. The zero-order valence-electron chi connectivity index (χ0n) is 13.0. The molecule has 0 spiro atoms. The fourth-order valence-electron chi connectivity index (χ4n) is 3.53. The zero-order chi connectivity index (χ0) is 14.9. The molecular weight excluding hydrogens is 296 g/mol. The normalized spacial score (nSPS) is 21.6. The van der Waals surface area contributed by atoms with E-state index in [-0.39, 0.29) is 0 Å². The molecule has 4 rings (SSSR count). The van der Waals surface area contributed by atoms with Crippen LogP contribution in [0.1, 0.15) is 18.7 Å². The van der Waals surface area contributed by atoms with Crippen LogP contribution in [-0.2, 0) is 4.74 Å². The molecule has 0 N–H and O–H groups in total. The smallest absolute Gasteiger partial charge is 0.141 e. The first-order valence-electron chi connectivity index (χ1n) is 8.10. The van der Waals surface area contributed by atoms with Crippen molar-refractivity contribution >= 4 is 27.4 Å². The first kappa shape index (κ1) is 14.4.